The van der Waals surface area contributed by atoms with Gasteiger partial charge in [0.25, 0.3) is 0 Å². The second kappa shape index (κ2) is 4.29. The molecule has 0 radical (unpaired) electrons. The van der Waals surface area contributed by atoms with E-state index in [1.807, 2.05) is 12.1 Å². The largest absolute Gasteiger partial charge is 0.464 e. The third kappa shape index (κ3) is 2.26. The van der Waals surface area contributed by atoms with E-state index in [9.17, 15) is 0 Å². The molecule has 0 atom stereocenters. The molecule has 2 N–H and O–H groups in total. The van der Waals surface area contributed by atoms with Crippen LogP contribution in [0.4, 0.5) is 0 Å². The highest BCUT2D eigenvalue weighted by molar-refractivity contribution is 9.10. The van der Waals surface area contributed by atoms with Crippen LogP contribution in [0.3, 0.4) is 0 Å². The van der Waals surface area contributed by atoms with Gasteiger partial charge in [0.15, 0.2) is 0 Å². The summed E-state index contributed by atoms with van der Waals surface area (Å²) >= 11 is 5.15. The summed E-state index contributed by atoms with van der Waals surface area (Å²) in [5.74, 6) is 1.82. The predicted molar refractivity (Wildman–Crippen MR) is 61.4 cm³/mol. The van der Waals surface area contributed by atoms with Crippen LogP contribution in [-0.2, 0) is 13.0 Å². The van der Waals surface area contributed by atoms with Crippen LogP contribution in [0.5, 0.6) is 0 Å². The van der Waals surface area contributed by atoms with Crippen molar-refractivity contribution in [2.45, 2.75) is 13.0 Å². The minimum atomic E-state index is 0.466. The Morgan fingerprint density at radius 2 is 2.14 bits per heavy atom. The number of nitrogens with two attached hydrogens (primary N) is 1. The molecule has 2 heterocycles. The summed E-state index contributed by atoms with van der Waals surface area (Å²) in [5, 5.41) is 2.07. The average Bonchev–Trinajstić information content (AvgIpc) is 2.76. The van der Waals surface area contributed by atoms with Gasteiger partial charge >= 0.3 is 0 Å². The number of hydrogen-bond acceptors (Lipinski definition) is 3. The van der Waals surface area contributed by atoms with Crippen LogP contribution in [0.1, 0.15) is 16.4 Å². The predicted octanol–water partition coefficient (Wildman–Crippen LogP) is 3.15. The second-order valence-corrected chi connectivity index (χ2v) is 4.89. The topological polar surface area (TPSA) is 39.2 Å². The number of halogens is 1. The highest BCUT2D eigenvalue weighted by atomic mass is 79.9. The lowest BCUT2D eigenvalue weighted by Crippen LogP contribution is -1.92. The third-order valence-corrected chi connectivity index (χ3v) is 3.59. The molecule has 0 aliphatic carbocycles. The Labute approximate surface area is 94.9 Å². The molecule has 2 aromatic rings. The van der Waals surface area contributed by atoms with Gasteiger partial charge in [-0.3, -0.25) is 0 Å². The van der Waals surface area contributed by atoms with Gasteiger partial charge in [-0.15, -0.1) is 11.3 Å². The molecule has 0 spiro atoms. The molecule has 2 rings (SSSR count). The molecule has 14 heavy (non-hydrogen) atoms. The Morgan fingerprint density at radius 3 is 2.71 bits per heavy atom. The van der Waals surface area contributed by atoms with Crippen LogP contribution >= 0.6 is 27.3 Å². The number of thiophene rings is 1. The minimum absolute atomic E-state index is 0.466. The Kier molecular flexibility index (Phi) is 3.05. The normalized spacial score (nSPS) is 10.7. The van der Waals surface area contributed by atoms with Gasteiger partial charge < -0.3 is 10.2 Å². The molecule has 0 aliphatic heterocycles. The standard InChI is InChI=1S/C10H10BrNOS/c11-7-3-10(14-6-7)4-8-1-2-9(5-12)13-8/h1-3,6H,4-5,12H2. The molecular formula is C10H10BrNOS. The second-order valence-electron chi connectivity index (χ2n) is 2.98. The molecular weight excluding hydrogens is 262 g/mol. The van der Waals surface area contributed by atoms with Crippen LogP contribution in [0.25, 0.3) is 0 Å². The molecule has 0 bridgehead atoms. The first-order valence-corrected chi connectivity index (χ1v) is 5.96. The van der Waals surface area contributed by atoms with E-state index in [0.29, 0.717) is 6.54 Å². The highest BCUT2D eigenvalue weighted by Crippen LogP contribution is 2.23. The smallest absolute Gasteiger partial charge is 0.117 e. The van der Waals surface area contributed by atoms with Gasteiger partial charge in [0.2, 0.25) is 0 Å². The van der Waals surface area contributed by atoms with E-state index in [1.54, 1.807) is 11.3 Å². The van der Waals surface area contributed by atoms with Crippen LogP contribution < -0.4 is 5.73 Å². The molecule has 4 heteroatoms. The minimum Gasteiger partial charge on any atom is -0.464 e. The van der Waals surface area contributed by atoms with Crippen molar-refractivity contribution < 1.29 is 4.42 Å². The summed E-state index contributed by atoms with van der Waals surface area (Å²) in [6, 6.07) is 6.02. The lowest BCUT2D eigenvalue weighted by molar-refractivity contribution is 0.476. The molecule has 0 amide bonds. The van der Waals surface area contributed by atoms with E-state index in [2.05, 4.69) is 27.4 Å². The first kappa shape index (κ1) is 9.96. The zero-order valence-electron chi connectivity index (χ0n) is 7.50. The molecule has 2 nitrogen and oxygen atoms in total. The summed E-state index contributed by atoms with van der Waals surface area (Å²) in [7, 11) is 0. The molecule has 0 saturated heterocycles. The van der Waals surface area contributed by atoms with E-state index in [1.165, 1.54) is 4.88 Å². The molecule has 2 aromatic heterocycles. The molecule has 0 fully saturated rings. The molecule has 0 unspecified atom stereocenters. The van der Waals surface area contributed by atoms with Crippen molar-refractivity contribution in [3.05, 3.63) is 44.4 Å². The van der Waals surface area contributed by atoms with Gasteiger partial charge in [0.05, 0.1) is 6.54 Å². The van der Waals surface area contributed by atoms with Gasteiger partial charge in [-0.05, 0) is 34.1 Å². The summed E-state index contributed by atoms with van der Waals surface area (Å²) in [6.07, 6.45) is 0.844. The van der Waals surface area contributed by atoms with Crippen LogP contribution in [-0.4, -0.2) is 0 Å². The first-order chi connectivity index (χ1) is 6.78. The Balaban J connectivity index is 2.10. The van der Waals surface area contributed by atoms with E-state index in [0.717, 1.165) is 22.4 Å². The summed E-state index contributed by atoms with van der Waals surface area (Å²) < 4.78 is 6.64. The maximum Gasteiger partial charge on any atom is 0.117 e. The lowest BCUT2D eigenvalue weighted by atomic mass is 10.3. The van der Waals surface area contributed by atoms with Gasteiger partial charge in [-0.25, -0.2) is 0 Å². The maximum atomic E-state index is 5.51. The Morgan fingerprint density at radius 1 is 1.36 bits per heavy atom. The van der Waals surface area contributed by atoms with Crippen molar-refractivity contribution in [2.24, 2.45) is 5.73 Å². The quantitative estimate of drug-likeness (QED) is 0.932. The van der Waals surface area contributed by atoms with Crippen molar-refractivity contribution in [3.8, 4) is 0 Å². The SMILES string of the molecule is NCc1ccc(Cc2cc(Br)cs2)o1. The van der Waals surface area contributed by atoms with Crippen LogP contribution in [0.2, 0.25) is 0 Å². The zero-order chi connectivity index (χ0) is 9.97. The van der Waals surface area contributed by atoms with Crippen LogP contribution in [0, 0.1) is 0 Å². The van der Waals surface area contributed by atoms with Gasteiger partial charge in [-0.2, -0.15) is 0 Å². The van der Waals surface area contributed by atoms with E-state index >= 15 is 0 Å². The van der Waals surface area contributed by atoms with Crippen molar-refractivity contribution in [3.63, 3.8) is 0 Å². The summed E-state index contributed by atoms with van der Waals surface area (Å²) in [6.45, 7) is 0.466. The monoisotopic (exact) mass is 271 g/mol. The average molecular weight is 272 g/mol. The van der Waals surface area contributed by atoms with Crippen LogP contribution in [0.15, 0.2) is 32.5 Å². The Hall–Kier alpha value is -0.580. The van der Waals surface area contributed by atoms with E-state index in [4.69, 9.17) is 10.2 Å². The maximum absolute atomic E-state index is 5.51. The fourth-order valence-corrected chi connectivity index (χ4v) is 2.71. The highest BCUT2D eigenvalue weighted by Gasteiger charge is 2.03. The van der Waals surface area contributed by atoms with E-state index < -0.39 is 0 Å². The van der Waals surface area contributed by atoms with Crippen molar-refractivity contribution in [1.29, 1.82) is 0 Å². The number of rotatable bonds is 3. The van der Waals surface area contributed by atoms with Crippen molar-refractivity contribution >= 4 is 27.3 Å². The molecule has 74 valence electrons. The van der Waals surface area contributed by atoms with Gasteiger partial charge in [-0.1, -0.05) is 0 Å². The first-order valence-electron chi connectivity index (χ1n) is 4.28. The van der Waals surface area contributed by atoms with Crippen molar-refractivity contribution in [1.82, 2.24) is 0 Å². The fraction of sp³-hybridized carbons (Fsp3) is 0.200. The van der Waals surface area contributed by atoms with E-state index in [-0.39, 0.29) is 0 Å². The number of hydrogen-bond donors (Lipinski definition) is 1. The molecule has 0 aromatic carbocycles. The fourth-order valence-electron chi connectivity index (χ4n) is 1.25. The summed E-state index contributed by atoms with van der Waals surface area (Å²) in [4.78, 5) is 1.29. The van der Waals surface area contributed by atoms with Gasteiger partial charge in [0, 0.05) is 21.2 Å². The number of furan rings is 1. The molecule has 0 saturated carbocycles. The Bertz CT molecular complexity index is 421. The zero-order valence-corrected chi connectivity index (χ0v) is 9.90. The third-order valence-electron chi connectivity index (χ3n) is 1.89. The van der Waals surface area contributed by atoms with Crippen molar-refractivity contribution in [2.75, 3.05) is 0 Å². The lowest BCUT2D eigenvalue weighted by Gasteiger charge is -1.92. The molecule has 0 aliphatic rings. The summed E-state index contributed by atoms with van der Waals surface area (Å²) in [5.41, 5.74) is 5.46. The van der Waals surface area contributed by atoms with Gasteiger partial charge in [0.1, 0.15) is 11.5 Å².